The van der Waals surface area contributed by atoms with Crippen LogP contribution in [0.25, 0.3) is 0 Å². The van der Waals surface area contributed by atoms with Crippen LogP contribution in [0.1, 0.15) is 38.2 Å². The first-order valence-electron chi connectivity index (χ1n) is 10.2. The number of hydrogen-bond acceptors (Lipinski definition) is 6. The second-order valence-corrected chi connectivity index (χ2v) is 7.43. The standard InChI is InChI=1S/C21H27N3O6/c1-2-30-21(29)16(9-8-14-6-4-3-5-7-14)22-15-10-11-18(25)23-13-12-17(20(27)28)24(23)19(15)26/h3-7,15-17,22H,2,8-13H2,1H3,(H,27,28). The molecule has 9 heteroatoms. The van der Waals surface area contributed by atoms with Crippen molar-refractivity contribution >= 4 is 23.8 Å². The lowest BCUT2D eigenvalue weighted by atomic mass is 10.0. The molecular formula is C21H27N3O6. The Labute approximate surface area is 174 Å². The molecule has 2 N–H and O–H groups in total. The number of hydrogen-bond donors (Lipinski definition) is 2. The largest absolute Gasteiger partial charge is 0.480 e. The molecule has 30 heavy (non-hydrogen) atoms. The molecule has 2 fully saturated rings. The number of benzene rings is 1. The van der Waals surface area contributed by atoms with Crippen molar-refractivity contribution in [3.8, 4) is 0 Å². The van der Waals surface area contributed by atoms with Crippen molar-refractivity contribution in [2.75, 3.05) is 13.2 Å². The Balaban J connectivity index is 1.76. The average Bonchev–Trinajstić information content (AvgIpc) is 3.15. The van der Waals surface area contributed by atoms with Crippen LogP contribution in [0.2, 0.25) is 0 Å². The van der Waals surface area contributed by atoms with Crippen LogP contribution in [-0.4, -0.2) is 70.2 Å². The molecule has 3 unspecified atom stereocenters. The predicted molar refractivity (Wildman–Crippen MR) is 106 cm³/mol. The fourth-order valence-electron chi connectivity index (χ4n) is 3.93. The Kier molecular flexibility index (Phi) is 7.04. The minimum atomic E-state index is -1.15. The van der Waals surface area contributed by atoms with Crippen LogP contribution in [0.5, 0.6) is 0 Å². The molecule has 0 bridgehead atoms. The van der Waals surface area contributed by atoms with Crippen LogP contribution in [0.15, 0.2) is 30.3 Å². The van der Waals surface area contributed by atoms with Crippen LogP contribution >= 0.6 is 0 Å². The summed E-state index contributed by atoms with van der Waals surface area (Å²) in [5.41, 5.74) is 1.05. The van der Waals surface area contributed by atoms with E-state index < -0.39 is 36.0 Å². The second kappa shape index (κ2) is 9.71. The quantitative estimate of drug-likeness (QED) is 0.599. The Morgan fingerprint density at radius 1 is 1.23 bits per heavy atom. The number of nitrogens with zero attached hydrogens (tertiary/aromatic N) is 2. The number of rotatable bonds is 8. The highest BCUT2D eigenvalue weighted by Crippen LogP contribution is 2.26. The number of ether oxygens (including phenoxy) is 1. The lowest BCUT2D eigenvalue weighted by molar-refractivity contribution is -0.166. The zero-order chi connectivity index (χ0) is 21.7. The molecule has 3 rings (SSSR count). The van der Waals surface area contributed by atoms with E-state index >= 15 is 0 Å². The fraction of sp³-hybridized carbons (Fsp3) is 0.524. The van der Waals surface area contributed by atoms with Crippen molar-refractivity contribution in [1.82, 2.24) is 15.3 Å². The van der Waals surface area contributed by atoms with E-state index in [2.05, 4.69) is 5.32 Å². The molecule has 162 valence electrons. The molecule has 0 saturated carbocycles. The smallest absolute Gasteiger partial charge is 0.328 e. The molecule has 0 aromatic heterocycles. The monoisotopic (exact) mass is 417 g/mol. The molecule has 0 spiro atoms. The van der Waals surface area contributed by atoms with E-state index in [0.717, 1.165) is 10.6 Å². The summed E-state index contributed by atoms with van der Waals surface area (Å²) in [7, 11) is 0. The van der Waals surface area contributed by atoms with Crippen molar-refractivity contribution in [3.05, 3.63) is 35.9 Å². The summed E-state index contributed by atoms with van der Waals surface area (Å²) in [5, 5.41) is 14.8. The molecule has 2 saturated heterocycles. The molecule has 2 aliphatic rings. The molecule has 1 aromatic rings. The zero-order valence-electron chi connectivity index (χ0n) is 17.0. The maximum Gasteiger partial charge on any atom is 0.328 e. The molecule has 0 aliphatic carbocycles. The Hall–Kier alpha value is -2.94. The van der Waals surface area contributed by atoms with Gasteiger partial charge in [-0.3, -0.25) is 24.7 Å². The Morgan fingerprint density at radius 2 is 1.97 bits per heavy atom. The third-order valence-electron chi connectivity index (χ3n) is 5.45. The van der Waals surface area contributed by atoms with E-state index in [-0.39, 0.29) is 38.3 Å². The first-order valence-corrected chi connectivity index (χ1v) is 10.2. The number of aliphatic carboxylic acids is 1. The van der Waals surface area contributed by atoms with Crippen LogP contribution in [0, 0.1) is 0 Å². The average molecular weight is 417 g/mol. The maximum atomic E-state index is 13.1. The number of carboxylic acids is 1. The predicted octanol–water partition coefficient (Wildman–Crippen LogP) is 0.732. The highest BCUT2D eigenvalue weighted by molar-refractivity contribution is 5.92. The number of carbonyl (C=O) groups excluding carboxylic acids is 3. The highest BCUT2D eigenvalue weighted by Gasteiger charge is 2.47. The van der Waals surface area contributed by atoms with Gasteiger partial charge in [-0.25, -0.2) is 9.80 Å². The Bertz CT molecular complexity index is 799. The maximum absolute atomic E-state index is 13.1. The molecular weight excluding hydrogens is 390 g/mol. The SMILES string of the molecule is CCOC(=O)C(CCc1ccccc1)NC1CCC(=O)N2CCC(C(=O)O)N2C1=O. The molecule has 0 radical (unpaired) electrons. The van der Waals surface area contributed by atoms with E-state index in [1.807, 2.05) is 30.3 Å². The number of amides is 2. The van der Waals surface area contributed by atoms with Crippen LogP contribution in [-0.2, 0) is 30.3 Å². The molecule has 2 aliphatic heterocycles. The summed E-state index contributed by atoms with van der Waals surface area (Å²) in [4.78, 5) is 49.6. The number of aryl methyl sites for hydroxylation is 1. The number of fused-ring (bicyclic) bond motifs is 1. The molecule has 9 nitrogen and oxygen atoms in total. The van der Waals surface area contributed by atoms with E-state index in [1.165, 1.54) is 5.01 Å². The molecule has 1 aromatic carbocycles. The van der Waals surface area contributed by atoms with Gasteiger partial charge >= 0.3 is 11.9 Å². The lowest BCUT2D eigenvalue weighted by Crippen LogP contribution is -2.56. The van der Waals surface area contributed by atoms with Gasteiger partial charge in [0.15, 0.2) is 6.04 Å². The van der Waals surface area contributed by atoms with Crippen molar-refractivity contribution < 1.29 is 29.0 Å². The summed E-state index contributed by atoms with van der Waals surface area (Å²) in [5.74, 6) is -2.40. The van der Waals surface area contributed by atoms with Gasteiger partial charge in [-0.1, -0.05) is 30.3 Å². The van der Waals surface area contributed by atoms with Gasteiger partial charge in [0, 0.05) is 19.4 Å². The zero-order valence-corrected chi connectivity index (χ0v) is 17.0. The molecule has 3 atom stereocenters. The summed E-state index contributed by atoms with van der Waals surface area (Å²) in [6.07, 6.45) is 1.49. The number of hydrazine groups is 1. The summed E-state index contributed by atoms with van der Waals surface area (Å²) in [6, 6.07) is 6.98. The topological polar surface area (TPSA) is 116 Å². The molecule has 2 heterocycles. The first-order chi connectivity index (χ1) is 14.4. The normalized spacial score (nSPS) is 22.4. The second-order valence-electron chi connectivity index (χ2n) is 7.43. The van der Waals surface area contributed by atoms with Crippen molar-refractivity contribution in [2.24, 2.45) is 0 Å². The van der Waals surface area contributed by atoms with E-state index in [4.69, 9.17) is 4.74 Å². The number of carbonyl (C=O) groups is 4. The minimum Gasteiger partial charge on any atom is -0.480 e. The van der Waals surface area contributed by atoms with Crippen molar-refractivity contribution in [3.63, 3.8) is 0 Å². The first kappa shape index (κ1) is 21.8. The minimum absolute atomic E-state index is 0.0977. The number of nitrogens with one attached hydrogen (secondary N) is 1. The third kappa shape index (κ3) is 4.79. The van der Waals surface area contributed by atoms with Crippen LogP contribution in [0.4, 0.5) is 0 Å². The van der Waals surface area contributed by atoms with Crippen LogP contribution in [0.3, 0.4) is 0 Å². The number of esters is 1. The fourth-order valence-corrected chi connectivity index (χ4v) is 3.93. The summed E-state index contributed by atoms with van der Waals surface area (Å²) < 4.78 is 5.17. The third-order valence-corrected chi connectivity index (χ3v) is 5.45. The van der Waals surface area contributed by atoms with Crippen molar-refractivity contribution in [1.29, 1.82) is 0 Å². The highest BCUT2D eigenvalue weighted by atomic mass is 16.5. The van der Waals surface area contributed by atoms with Gasteiger partial charge in [0.2, 0.25) is 5.91 Å². The van der Waals surface area contributed by atoms with E-state index in [1.54, 1.807) is 6.92 Å². The van der Waals surface area contributed by atoms with Gasteiger partial charge in [-0.15, -0.1) is 0 Å². The summed E-state index contributed by atoms with van der Waals surface area (Å²) in [6.45, 7) is 2.12. The van der Waals surface area contributed by atoms with Crippen molar-refractivity contribution in [2.45, 2.75) is 57.2 Å². The molecule has 2 amide bonds. The van der Waals surface area contributed by atoms with Gasteiger partial charge < -0.3 is 9.84 Å². The van der Waals surface area contributed by atoms with Gasteiger partial charge in [-0.2, -0.15) is 0 Å². The van der Waals surface area contributed by atoms with E-state index in [9.17, 15) is 24.3 Å². The summed E-state index contributed by atoms with van der Waals surface area (Å²) >= 11 is 0. The Morgan fingerprint density at radius 3 is 2.63 bits per heavy atom. The van der Waals surface area contributed by atoms with Gasteiger partial charge in [-0.05, 0) is 31.7 Å². The van der Waals surface area contributed by atoms with Gasteiger partial charge in [0.1, 0.15) is 6.04 Å². The number of carboxylic acid groups (broad SMARTS) is 1. The van der Waals surface area contributed by atoms with Gasteiger partial charge in [0.05, 0.1) is 12.6 Å². The lowest BCUT2D eigenvalue weighted by Gasteiger charge is -2.31. The van der Waals surface area contributed by atoms with E-state index in [0.29, 0.717) is 12.8 Å². The van der Waals surface area contributed by atoms with Gasteiger partial charge in [0.25, 0.3) is 5.91 Å². The van der Waals surface area contributed by atoms with Crippen LogP contribution < -0.4 is 5.32 Å².